The van der Waals surface area contributed by atoms with Crippen LogP contribution in [0.5, 0.6) is 0 Å². The van der Waals surface area contributed by atoms with E-state index in [0.717, 1.165) is 24.9 Å². The van der Waals surface area contributed by atoms with Crippen molar-refractivity contribution in [3.63, 3.8) is 0 Å². The first-order valence-electron chi connectivity index (χ1n) is 7.24. The molecule has 0 aliphatic carbocycles. The highest BCUT2D eigenvalue weighted by Gasteiger charge is 2.19. The molecule has 1 saturated heterocycles. The van der Waals surface area contributed by atoms with E-state index in [1.165, 1.54) is 0 Å². The first kappa shape index (κ1) is 13.6. The highest BCUT2D eigenvalue weighted by atomic mass is 16.2. The Morgan fingerprint density at radius 3 is 3.14 bits per heavy atom. The van der Waals surface area contributed by atoms with E-state index in [1.807, 2.05) is 17.0 Å². The number of carbonyl (C=O) groups is 2. The van der Waals surface area contributed by atoms with Crippen LogP contribution in [0, 0.1) is 0 Å². The van der Waals surface area contributed by atoms with Gasteiger partial charge in [0.25, 0.3) is 5.91 Å². The summed E-state index contributed by atoms with van der Waals surface area (Å²) in [6.45, 7) is 2.12. The number of amides is 2. The number of rotatable bonds is 5. The number of benzene rings is 1. The molecule has 0 saturated carbocycles. The number of para-hydroxylation sites is 1. The number of fused-ring (bicyclic) bond motifs is 1. The second-order valence-electron chi connectivity index (χ2n) is 5.20. The molecule has 2 aromatic rings. The quantitative estimate of drug-likeness (QED) is 0.813. The zero-order valence-electron chi connectivity index (χ0n) is 11.8. The van der Waals surface area contributed by atoms with Crippen LogP contribution >= 0.6 is 0 Å². The minimum absolute atomic E-state index is 0.125. The van der Waals surface area contributed by atoms with Crippen molar-refractivity contribution >= 4 is 22.8 Å². The fourth-order valence-corrected chi connectivity index (χ4v) is 2.66. The topological polar surface area (TPSA) is 78.1 Å². The summed E-state index contributed by atoms with van der Waals surface area (Å²) in [5.41, 5.74) is 2.11. The molecule has 0 bridgehead atoms. The molecule has 1 aromatic carbocycles. The minimum atomic E-state index is -0.125. The van der Waals surface area contributed by atoms with Gasteiger partial charge >= 0.3 is 0 Å². The van der Waals surface area contributed by atoms with E-state index in [9.17, 15) is 9.59 Å². The number of nitrogens with one attached hydrogen (secondary N) is 2. The zero-order valence-corrected chi connectivity index (χ0v) is 11.8. The van der Waals surface area contributed by atoms with Gasteiger partial charge in [-0.1, -0.05) is 6.07 Å². The average molecular weight is 286 g/mol. The summed E-state index contributed by atoms with van der Waals surface area (Å²) in [6.07, 6.45) is 3.97. The maximum Gasteiger partial charge on any atom is 0.253 e. The van der Waals surface area contributed by atoms with Crippen LogP contribution in [0.1, 0.15) is 29.6 Å². The highest BCUT2D eigenvalue weighted by Crippen LogP contribution is 2.14. The van der Waals surface area contributed by atoms with Crippen molar-refractivity contribution in [3.05, 3.63) is 30.1 Å². The highest BCUT2D eigenvalue weighted by molar-refractivity contribution is 6.04. The number of likely N-dealkylation sites (tertiary alicyclic amines) is 1. The van der Waals surface area contributed by atoms with Crippen molar-refractivity contribution in [1.82, 2.24) is 20.2 Å². The Bertz CT molecular complexity index is 664. The molecule has 3 rings (SSSR count). The largest absolute Gasteiger partial charge is 0.352 e. The van der Waals surface area contributed by atoms with E-state index >= 15 is 0 Å². The summed E-state index contributed by atoms with van der Waals surface area (Å²) in [4.78, 5) is 32.7. The van der Waals surface area contributed by atoms with E-state index in [0.29, 0.717) is 30.6 Å². The molecule has 0 spiro atoms. The van der Waals surface area contributed by atoms with Crippen LogP contribution in [0.25, 0.3) is 11.0 Å². The summed E-state index contributed by atoms with van der Waals surface area (Å²) < 4.78 is 0. The van der Waals surface area contributed by atoms with Gasteiger partial charge in [0.05, 0.1) is 17.4 Å². The maximum absolute atomic E-state index is 12.2. The maximum atomic E-state index is 12.2. The van der Waals surface area contributed by atoms with Crippen molar-refractivity contribution in [2.45, 2.75) is 19.3 Å². The molecule has 2 N–H and O–H groups in total. The molecule has 0 radical (unpaired) electrons. The first-order chi connectivity index (χ1) is 10.3. The molecule has 0 unspecified atom stereocenters. The molecule has 1 fully saturated rings. The summed E-state index contributed by atoms with van der Waals surface area (Å²) in [5.74, 6) is 0.100. The third-order valence-electron chi connectivity index (χ3n) is 3.76. The van der Waals surface area contributed by atoms with E-state index in [-0.39, 0.29) is 11.8 Å². The van der Waals surface area contributed by atoms with Gasteiger partial charge < -0.3 is 15.2 Å². The van der Waals surface area contributed by atoms with Gasteiger partial charge in [0, 0.05) is 26.1 Å². The summed E-state index contributed by atoms with van der Waals surface area (Å²) in [5, 5.41) is 2.89. The number of nitrogens with zero attached hydrogens (tertiary/aromatic N) is 2. The number of hydrogen-bond acceptors (Lipinski definition) is 3. The number of hydrogen-bond donors (Lipinski definition) is 2. The molecular formula is C15H18N4O2. The van der Waals surface area contributed by atoms with Crippen molar-refractivity contribution in [1.29, 1.82) is 0 Å². The second kappa shape index (κ2) is 5.95. The van der Waals surface area contributed by atoms with Gasteiger partial charge in [0.15, 0.2) is 0 Å². The molecule has 110 valence electrons. The predicted octanol–water partition coefficient (Wildman–Crippen LogP) is 1.31. The molecule has 6 heteroatoms. The molecule has 2 heterocycles. The number of aromatic nitrogens is 2. The van der Waals surface area contributed by atoms with Crippen LogP contribution in [0.15, 0.2) is 24.5 Å². The molecule has 6 nitrogen and oxygen atoms in total. The molecule has 1 aromatic heterocycles. The van der Waals surface area contributed by atoms with E-state index in [1.54, 1.807) is 12.4 Å². The molecule has 2 amide bonds. The first-order valence-corrected chi connectivity index (χ1v) is 7.24. The summed E-state index contributed by atoms with van der Waals surface area (Å²) >= 11 is 0. The molecular weight excluding hydrogens is 268 g/mol. The SMILES string of the molecule is O=C(NCCCN1CCCC1=O)c1cccc2[nH]cnc12. The number of imidazole rings is 1. The molecule has 1 aliphatic heterocycles. The average Bonchev–Trinajstić information content (AvgIpc) is 3.11. The minimum Gasteiger partial charge on any atom is -0.352 e. The van der Waals surface area contributed by atoms with Gasteiger partial charge in [0.1, 0.15) is 5.52 Å². The van der Waals surface area contributed by atoms with E-state index < -0.39 is 0 Å². The van der Waals surface area contributed by atoms with Crippen LogP contribution < -0.4 is 5.32 Å². The lowest BCUT2D eigenvalue weighted by Gasteiger charge is -2.15. The van der Waals surface area contributed by atoms with Crippen LogP contribution in [-0.4, -0.2) is 46.3 Å². The Kier molecular flexibility index (Phi) is 3.85. The molecule has 1 aliphatic rings. The third kappa shape index (κ3) is 2.89. The Morgan fingerprint density at radius 1 is 1.43 bits per heavy atom. The summed E-state index contributed by atoms with van der Waals surface area (Å²) in [6, 6.07) is 5.49. The van der Waals surface area contributed by atoms with Gasteiger partial charge in [-0.05, 0) is 25.0 Å². The Hall–Kier alpha value is -2.37. The van der Waals surface area contributed by atoms with Gasteiger partial charge in [-0.3, -0.25) is 9.59 Å². The van der Waals surface area contributed by atoms with Gasteiger partial charge in [-0.2, -0.15) is 0 Å². The van der Waals surface area contributed by atoms with Crippen LogP contribution in [0.2, 0.25) is 0 Å². The smallest absolute Gasteiger partial charge is 0.253 e. The zero-order chi connectivity index (χ0) is 14.7. The Labute approximate surface area is 122 Å². The predicted molar refractivity (Wildman–Crippen MR) is 78.9 cm³/mol. The monoisotopic (exact) mass is 286 g/mol. The number of carbonyl (C=O) groups excluding carboxylic acids is 2. The Balaban J connectivity index is 1.52. The number of aromatic amines is 1. The van der Waals surface area contributed by atoms with Crippen LogP contribution in [0.4, 0.5) is 0 Å². The fraction of sp³-hybridized carbons (Fsp3) is 0.400. The summed E-state index contributed by atoms with van der Waals surface area (Å²) in [7, 11) is 0. The lowest BCUT2D eigenvalue weighted by molar-refractivity contribution is -0.127. The van der Waals surface area contributed by atoms with Crippen molar-refractivity contribution in [2.75, 3.05) is 19.6 Å². The lowest BCUT2D eigenvalue weighted by Crippen LogP contribution is -2.30. The molecule has 0 atom stereocenters. The molecule has 21 heavy (non-hydrogen) atoms. The van der Waals surface area contributed by atoms with E-state index in [2.05, 4.69) is 15.3 Å². The standard InChI is InChI=1S/C15H18N4O2/c20-13-6-2-8-19(13)9-3-7-16-15(21)11-4-1-5-12-14(11)18-10-17-12/h1,4-5,10H,2-3,6-9H2,(H,16,21)(H,17,18). The van der Waals surface area contributed by atoms with Crippen LogP contribution in [-0.2, 0) is 4.79 Å². The van der Waals surface area contributed by atoms with Gasteiger partial charge in [-0.25, -0.2) is 4.98 Å². The van der Waals surface area contributed by atoms with Crippen LogP contribution in [0.3, 0.4) is 0 Å². The van der Waals surface area contributed by atoms with Crippen molar-refractivity contribution in [2.24, 2.45) is 0 Å². The van der Waals surface area contributed by atoms with Crippen molar-refractivity contribution in [3.8, 4) is 0 Å². The van der Waals surface area contributed by atoms with Gasteiger partial charge in [-0.15, -0.1) is 0 Å². The van der Waals surface area contributed by atoms with Gasteiger partial charge in [0.2, 0.25) is 5.91 Å². The third-order valence-corrected chi connectivity index (χ3v) is 3.76. The second-order valence-corrected chi connectivity index (χ2v) is 5.20. The number of H-pyrrole nitrogens is 1. The Morgan fingerprint density at radius 2 is 2.33 bits per heavy atom. The normalized spacial score (nSPS) is 14.9. The van der Waals surface area contributed by atoms with E-state index in [4.69, 9.17) is 0 Å². The lowest BCUT2D eigenvalue weighted by atomic mass is 10.1. The fourth-order valence-electron chi connectivity index (χ4n) is 2.66. The van der Waals surface area contributed by atoms with Crippen molar-refractivity contribution < 1.29 is 9.59 Å².